The predicted octanol–water partition coefficient (Wildman–Crippen LogP) is 1.44. The third-order valence-electron chi connectivity index (χ3n) is 2.90. The molecule has 0 aliphatic carbocycles. The van der Waals surface area contributed by atoms with Crippen LogP contribution < -0.4 is 4.72 Å². The van der Waals surface area contributed by atoms with E-state index in [1.54, 1.807) is 20.2 Å². The van der Waals surface area contributed by atoms with Gasteiger partial charge in [0.2, 0.25) is 0 Å². The fourth-order valence-corrected chi connectivity index (χ4v) is 3.34. The monoisotopic (exact) mass is 295 g/mol. The molecule has 0 saturated heterocycles. The van der Waals surface area contributed by atoms with Crippen molar-refractivity contribution in [1.29, 1.82) is 0 Å². The summed E-state index contributed by atoms with van der Waals surface area (Å²) in [5.41, 5.74) is 1.33. The Balaban J connectivity index is 2.45. The molecule has 7 nitrogen and oxygen atoms in total. The topological polar surface area (TPSA) is 89.8 Å². The zero-order valence-electron chi connectivity index (χ0n) is 11.8. The highest BCUT2D eigenvalue weighted by Gasteiger charge is 2.23. The van der Waals surface area contributed by atoms with Crippen LogP contribution in [0.25, 0.3) is 0 Å². The van der Waals surface area contributed by atoms with Gasteiger partial charge in [-0.1, -0.05) is 13.8 Å². The Morgan fingerprint density at radius 2 is 2.00 bits per heavy atom. The Morgan fingerprint density at radius 3 is 2.55 bits per heavy atom. The molecule has 0 saturated carbocycles. The molecule has 2 aromatic heterocycles. The van der Waals surface area contributed by atoms with Crippen molar-refractivity contribution >= 4 is 15.8 Å². The van der Waals surface area contributed by atoms with Crippen molar-refractivity contribution < 1.29 is 8.42 Å². The van der Waals surface area contributed by atoms with Crippen LogP contribution in [-0.2, 0) is 17.1 Å². The van der Waals surface area contributed by atoms with Crippen LogP contribution in [0.4, 0.5) is 5.82 Å². The number of sulfonamides is 1. The van der Waals surface area contributed by atoms with E-state index in [2.05, 4.69) is 19.8 Å². The third-order valence-corrected chi connectivity index (χ3v) is 4.46. The quantitative estimate of drug-likeness (QED) is 0.922. The molecule has 2 rings (SSSR count). The van der Waals surface area contributed by atoms with E-state index in [4.69, 9.17) is 0 Å². The Morgan fingerprint density at radius 1 is 1.30 bits per heavy atom. The number of nitrogens with one attached hydrogen (secondary N) is 1. The lowest BCUT2D eigenvalue weighted by Gasteiger charge is -2.13. The van der Waals surface area contributed by atoms with Crippen LogP contribution in [0.15, 0.2) is 23.7 Å². The first kappa shape index (κ1) is 14.4. The van der Waals surface area contributed by atoms with Gasteiger partial charge in [-0.2, -0.15) is 13.5 Å². The van der Waals surface area contributed by atoms with Crippen molar-refractivity contribution in [2.75, 3.05) is 4.72 Å². The molecular weight excluding hydrogens is 278 g/mol. The molecule has 0 aromatic carbocycles. The molecule has 0 aliphatic heterocycles. The maximum Gasteiger partial charge on any atom is 0.280 e. The minimum atomic E-state index is -3.73. The zero-order valence-corrected chi connectivity index (χ0v) is 12.6. The van der Waals surface area contributed by atoms with Crippen LogP contribution >= 0.6 is 0 Å². The SMILES string of the molecule is Cc1cnn(C)c1S(=O)(=O)Nc1ncncc1C(C)C. The molecule has 0 fully saturated rings. The van der Waals surface area contributed by atoms with Gasteiger partial charge < -0.3 is 0 Å². The van der Waals surface area contributed by atoms with Gasteiger partial charge in [0.1, 0.15) is 12.1 Å². The fourth-order valence-electron chi connectivity index (χ4n) is 1.95. The zero-order chi connectivity index (χ0) is 14.9. The number of hydrogen-bond acceptors (Lipinski definition) is 5. The van der Waals surface area contributed by atoms with Crippen molar-refractivity contribution in [2.24, 2.45) is 7.05 Å². The van der Waals surface area contributed by atoms with E-state index in [9.17, 15) is 8.42 Å². The fraction of sp³-hybridized carbons (Fsp3) is 0.417. The number of aromatic nitrogens is 4. The molecule has 108 valence electrons. The summed E-state index contributed by atoms with van der Waals surface area (Å²) in [5.74, 6) is 0.414. The average Bonchev–Trinajstić information content (AvgIpc) is 2.69. The maximum absolute atomic E-state index is 12.4. The van der Waals surface area contributed by atoms with Crippen molar-refractivity contribution in [3.05, 3.63) is 29.8 Å². The van der Waals surface area contributed by atoms with E-state index in [1.165, 1.54) is 17.2 Å². The molecular formula is C12H17N5O2S. The summed E-state index contributed by atoms with van der Waals surface area (Å²) in [7, 11) is -2.14. The molecule has 8 heteroatoms. The molecule has 1 N–H and O–H groups in total. The number of aryl methyl sites for hydroxylation is 2. The lowest BCUT2D eigenvalue weighted by Crippen LogP contribution is -2.19. The van der Waals surface area contributed by atoms with Crippen LogP contribution in [0.3, 0.4) is 0 Å². The van der Waals surface area contributed by atoms with Gasteiger partial charge in [0.15, 0.2) is 5.03 Å². The number of rotatable bonds is 4. The van der Waals surface area contributed by atoms with Crippen molar-refractivity contribution in [1.82, 2.24) is 19.7 Å². The third kappa shape index (κ3) is 2.64. The van der Waals surface area contributed by atoms with Crippen molar-refractivity contribution in [3.63, 3.8) is 0 Å². The summed E-state index contributed by atoms with van der Waals surface area (Å²) in [6, 6.07) is 0. The Hall–Kier alpha value is -1.96. The maximum atomic E-state index is 12.4. The van der Waals surface area contributed by atoms with Crippen LogP contribution in [0.2, 0.25) is 0 Å². The molecule has 0 atom stereocenters. The van der Waals surface area contributed by atoms with Crippen molar-refractivity contribution in [2.45, 2.75) is 31.7 Å². The second-order valence-corrected chi connectivity index (χ2v) is 6.44. The minimum absolute atomic E-state index is 0.113. The molecule has 0 aliphatic rings. The van der Waals surface area contributed by atoms with E-state index in [-0.39, 0.29) is 10.9 Å². The van der Waals surface area contributed by atoms with Crippen LogP contribution in [0.5, 0.6) is 0 Å². The molecule has 2 aromatic rings. The highest BCUT2D eigenvalue weighted by atomic mass is 32.2. The number of nitrogens with zero attached hydrogens (tertiary/aromatic N) is 4. The Kier molecular flexibility index (Phi) is 3.76. The minimum Gasteiger partial charge on any atom is -0.262 e. The summed E-state index contributed by atoms with van der Waals surface area (Å²) < 4.78 is 28.7. The summed E-state index contributed by atoms with van der Waals surface area (Å²) in [4.78, 5) is 7.95. The van der Waals surface area contributed by atoms with Crippen molar-refractivity contribution in [3.8, 4) is 0 Å². The van der Waals surface area contributed by atoms with Gasteiger partial charge in [0.25, 0.3) is 10.0 Å². The van der Waals surface area contributed by atoms with Gasteiger partial charge in [0, 0.05) is 24.4 Å². The van der Waals surface area contributed by atoms with Crippen LogP contribution in [-0.4, -0.2) is 28.2 Å². The highest BCUT2D eigenvalue weighted by molar-refractivity contribution is 7.92. The van der Waals surface area contributed by atoms with Gasteiger partial charge >= 0.3 is 0 Å². The standard InChI is InChI=1S/C12H17N5O2S/c1-8(2)10-6-13-7-14-11(10)16-20(18,19)12-9(3)5-15-17(12)4/h5-8H,1-4H3,(H,13,14,16). The number of hydrogen-bond donors (Lipinski definition) is 1. The largest absolute Gasteiger partial charge is 0.280 e. The van der Waals surface area contributed by atoms with E-state index < -0.39 is 10.0 Å². The Labute approximate surface area is 118 Å². The van der Waals surface area contributed by atoms with Gasteiger partial charge in [-0.05, 0) is 12.8 Å². The van der Waals surface area contributed by atoms with E-state index >= 15 is 0 Å². The summed E-state index contributed by atoms with van der Waals surface area (Å²) >= 11 is 0. The van der Waals surface area contributed by atoms with Crippen LogP contribution in [0.1, 0.15) is 30.9 Å². The molecule has 0 radical (unpaired) electrons. The Bertz CT molecular complexity index is 702. The summed E-state index contributed by atoms with van der Waals surface area (Å²) in [6.45, 7) is 5.60. The molecule has 2 heterocycles. The number of anilines is 1. The summed E-state index contributed by atoms with van der Waals surface area (Å²) in [6.07, 6.45) is 4.45. The second-order valence-electron chi connectivity index (χ2n) is 4.84. The molecule has 0 unspecified atom stereocenters. The highest BCUT2D eigenvalue weighted by Crippen LogP contribution is 2.24. The average molecular weight is 295 g/mol. The lowest BCUT2D eigenvalue weighted by molar-refractivity contribution is 0.580. The predicted molar refractivity (Wildman–Crippen MR) is 74.9 cm³/mol. The normalized spacial score (nSPS) is 11.8. The smallest absolute Gasteiger partial charge is 0.262 e. The molecule has 20 heavy (non-hydrogen) atoms. The van der Waals surface area contributed by atoms with Gasteiger partial charge in [-0.15, -0.1) is 0 Å². The second kappa shape index (κ2) is 5.20. The van der Waals surface area contributed by atoms with Crippen LogP contribution in [0, 0.1) is 6.92 Å². The molecule has 0 spiro atoms. The van der Waals surface area contributed by atoms with E-state index in [0.29, 0.717) is 11.4 Å². The molecule has 0 amide bonds. The van der Waals surface area contributed by atoms with E-state index in [1.807, 2.05) is 13.8 Å². The van der Waals surface area contributed by atoms with Gasteiger partial charge in [-0.25, -0.2) is 9.97 Å². The van der Waals surface area contributed by atoms with Gasteiger partial charge in [0.05, 0.1) is 6.20 Å². The first-order valence-electron chi connectivity index (χ1n) is 6.14. The first-order valence-corrected chi connectivity index (χ1v) is 7.62. The molecule has 0 bridgehead atoms. The summed E-state index contributed by atoms with van der Waals surface area (Å²) in [5, 5.41) is 4.08. The first-order chi connectivity index (χ1) is 9.33. The van der Waals surface area contributed by atoms with E-state index in [0.717, 1.165) is 5.56 Å². The van der Waals surface area contributed by atoms with Gasteiger partial charge in [-0.3, -0.25) is 9.40 Å². The lowest BCUT2D eigenvalue weighted by atomic mass is 10.1.